The fourth-order valence-corrected chi connectivity index (χ4v) is 4.39. The highest BCUT2D eigenvalue weighted by atomic mass is 32.2. The van der Waals surface area contributed by atoms with Crippen LogP contribution in [0, 0.1) is 13.8 Å². The van der Waals surface area contributed by atoms with Crippen LogP contribution in [0.2, 0.25) is 0 Å². The van der Waals surface area contributed by atoms with Crippen molar-refractivity contribution in [1.82, 2.24) is 14.5 Å². The van der Waals surface area contributed by atoms with Crippen molar-refractivity contribution < 1.29 is 13.2 Å². The van der Waals surface area contributed by atoms with E-state index in [4.69, 9.17) is 0 Å². The lowest BCUT2D eigenvalue weighted by Gasteiger charge is -2.35. The number of aryl methyl sites for hydroxylation is 2. The number of amides is 2. The van der Waals surface area contributed by atoms with Crippen LogP contribution in [0.25, 0.3) is 0 Å². The summed E-state index contributed by atoms with van der Waals surface area (Å²) in [7, 11) is -3.52. The summed E-state index contributed by atoms with van der Waals surface area (Å²) in [6.45, 7) is 10.9. The third-order valence-electron chi connectivity index (χ3n) is 3.97. The van der Waals surface area contributed by atoms with Gasteiger partial charge in [0.05, 0.1) is 4.90 Å². The summed E-state index contributed by atoms with van der Waals surface area (Å²) in [5, 5.41) is 2.91. The highest BCUT2D eigenvalue weighted by molar-refractivity contribution is 7.89. The summed E-state index contributed by atoms with van der Waals surface area (Å²) in [6, 6.07) is 5.30. The lowest BCUT2D eigenvalue weighted by molar-refractivity contribution is 0.165. The van der Waals surface area contributed by atoms with Crippen LogP contribution in [0.15, 0.2) is 23.1 Å². The molecule has 0 aliphatic carbocycles. The van der Waals surface area contributed by atoms with Gasteiger partial charge in [0.15, 0.2) is 0 Å². The Labute approximate surface area is 144 Å². The molecular weight excluding hydrogens is 326 g/mol. The number of rotatable bonds is 2. The van der Waals surface area contributed by atoms with E-state index in [0.717, 1.165) is 11.1 Å². The van der Waals surface area contributed by atoms with E-state index in [1.54, 1.807) is 17.9 Å². The minimum Gasteiger partial charge on any atom is -0.333 e. The third kappa shape index (κ3) is 4.27. The van der Waals surface area contributed by atoms with Crippen molar-refractivity contribution in [1.29, 1.82) is 0 Å². The van der Waals surface area contributed by atoms with Crippen molar-refractivity contribution in [2.45, 2.75) is 45.1 Å². The minimum absolute atomic E-state index is 0.147. The summed E-state index contributed by atoms with van der Waals surface area (Å²) in [6.07, 6.45) is 0. The molecule has 0 radical (unpaired) electrons. The first kappa shape index (κ1) is 18.7. The van der Waals surface area contributed by atoms with Crippen LogP contribution in [0.3, 0.4) is 0 Å². The van der Waals surface area contributed by atoms with E-state index in [2.05, 4.69) is 5.32 Å². The Kier molecular flexibility index (Phi) is 5.25. The van der Waals surface area contributed by atoms with E-state index in [-0.39, 0.29) is 11.6 Å². The van der Waals surface area contributed by atoms with Gasteiger partial charge >= 0.3 is 6.03 Å². The van der Waals surface area contributed by atoms with E-state index >= 15 is 0 Å². The molecular formula is C17H27N3O3S. The molecule has 6 nitrogen and oxygen atoms in total. The molecule has 7 heteroatoms. The molecule has 1 N–H and O–H groups in total. The van der Waals surface area contributed by atoms with Gasteiger partial charge in [0, 0.05) is 31.7 Å². The van der Waals surface area contributed by atoms with Crippen molar-refractivity contribution in [3.8, 4) is 0 Å². The number of urea groups is 1. The first-order chi connectivity index (χ1) is 11.0. The smallest absolute Gasteiger partial charge is 0.317 e. The molecule has 0 atom stereocenters. The van der Waals surface area contributed by atoms with Gasteiger partial charge in [-0.1, -0.05) is 12.1 Å². The molecule has 24 heavy (non-hydrogen) atoms. The molecule has 1 aliphatic rings. The highest BCUT2D eigenvalue weighted by Gasteiger charge is 2.31. The zero-order valence-electron chi connectivity index (χ0n) is 15.1. The molecule has 0 bridgehead atoms. The average Bonchev–Trinajstić information content (AvgIpc) is 2.48. The maximum absolute atomic E-state index is 12.9. The molecule has 1 heterocycles. The Hall–Kier alpha value is -1.60. The Morgan fingerprint density at radius 3 is 2.21 bits per heavy atom. The van der Waals surface area contributed by atoms with Crippen LogP contribution in [-0.4, -0.2) is 55.4 Å². The molecule has 0 saturated carbocycles. The van der Waals surface area contributed by atoms with Crippen LogP contribution in [0.5, 0.6) is 0 Å². The summed E-state index contributed by atoms with van der Waals surface area (Å²) < 4.78 is 27.2. The first-order valence-electron chi connectivity index (χ1n) is 8.15. The van der Waals surface area contributed by atoms with E-state index in [1.807, 2.05) is 39.8 Å². The zero-order valence-corrected chi connectivity index (χ0v) is 15.9. The number of hydrogen-bond donors (Lipinski definition) is 1. The third-order valence-corrected chi connectivity index (χ3v) is 6.01. The Morgan fingerprint density at radius 1 is 1.08 bits per heavy atom. The number of nitrogens with one attached hydrogen (secondary N) is 1. The van der Waals surface area contributed by atoms with Gasteiger partial charge in [0.25, 0.3) is 0 Å². The molecule has 0 aromatic heterocycles. The molecule has 2 amide bonds. The van der Waals surface area contributed by atoms with E-state index in [1.165, 1.54) is 4.31 Å². The lowest BCUT2D eigenvalue weighted by atomic mass is 10.1. The maximum Gasteiger partial charge on any atom is 0.317 e. The van der Waals surface area contributed by atoms with Crippen molar-refractivity contribution in [2.75, 3.05) is 26.2 Å². The van der Waals surface area contributed by atoms with Crippen LogP contribution < -0.4 is 5.32 Å². The number of hydrogen-bond acceptors (Lipinski definition) is 3. The van der Waals surface area contributed by atoms with Crippen molar-refractivity contribution >= 4 is 16.1 Å². The number of sulfonamides is 1. The summed E-state index contributed by atoms with van der Waals surface area (Å²) in [4.78, 5) is 14.2. The molecule has 0 spiro atoms. The van der Waals surface area contributed by atoms with Gasteiger partial charge in [-0.25, -0.2) is 13.2 Å². The van der Waals surface area contributed by atoms with Gasteiger partial charge in [0.2, 0.25) is 10.0 Å². The van der Waals surface area contributed by atoms with Gasteiger partial charge in [-0.05, 0) is 51.8 Å². The molecule has 1 aliphatic heterocycles. The predicted molar refractivity (Wildman–Crippen MR) is 94.5 cm³/mol. The fraction of sp³-hybridized carbons (Fsp3) is 0.588. The van der Waals surface area contributed by atoms with Crippen LogP contribution in [0.1, 0.15) is 31.9 Å². The topological polar surface area (TPSA) is 69.7 Å². The number of nitrogens with zero attached hydrogens (tertiary/aromatic N) is 2. The number of carbonyl (C=O) groups is 1. The molecule has 1 aromatic rings. The second-order valence-electron chi connectivity index (χ2n) is 7.34. The van der Waals surface area contributed by atoms with Crippen LogP contribution in [0.4, 0.5) is 4.79 Å². The number of carbonyl (C=O) groups excluding carboxylic acids is 1. The second kappa shape index (κ2) is 6.72. The van der Waals surface area contributed by atoms with Crippen LogP contribution in [-0.2, 0) is 10.0 Å². The first-order valence-corrected chi connectivity index (χ1v) is 9.59. The number of benzene rings is 1. The van der Waals surface area contributed by atoms with Crippen LogP contribution >= 0.6 is 0 Å². The Bertz CT molecular complexity index is 715. The standard InChI is InChI=1S/C17H27N3O3S/c1-13-6-7-14(2)15(12-13)24(22,23)20-10-8-19(9-11-20)16(21)18-17(3,4)5/h6-7,12H,8-11H2,1-5H3,(H,18,21). The van der Waals surface area contributed by atoms with E-state index in [9.17, 15) is 13.2 Å². The van der Waals surface area contributed by atoms with Gasteiger partial charge in [-0.3, -0.25) is 0 Å². The van der Waals surface area contributed by atoms with Gasteiger partial charge in [0.1, 0.15) is 0 Å². The summed E-state index contributed by atoms with van der Waals surface area (Å²) in [5.74, 6) is 0. The SMILES string of the molecule is Cc1ccc(C)c(S(=O)(=O)N2CCN(C(=O)NC(C)(C)C)CC2)c1. The van der Waals surface area contributed by atoms with Crippen molar-refractivity contribution in [3.63, 3.8) is 0 Å². The molecule has 0 unspecified atom stereocenters. The molecule has 1 aromatic carbocycles. The van der Waals surface area contributed by atoms with E-state index in [0.29, 0.717) is 31.1 Å². The van der Waals surface area contributed by atoms with E-state index < -0.39 is 10.0 Å². The molecule has 1 fully saturated rings. The zero-order chi connectivity index (χ0) is 18.1. The monoisotopic (exact) mass is 353 g/mol. The molecule has 134 valence electrons. The Balaban J connectivity index is 2.09. The minimum atomic E-state index is -3.52. The summed E-state index contributed by atoms with van der Waals surface area (Å²) in [5.41, 5.74) is 1.36. The fourth-order valence-electron chi connectivity index (χ4n) is 2.66. The molecule has 2 rings (SSSR count). The highest BCUT2D eigenvalue weighted by Crippen LogP contribution is 2.22. The van der Waals surface area contributed by atoms with Crippen molar-refractivity contribution in [2.24, 2.45) is 0 Å². The lowest BCUT2D eigenvalue weighted by Crippen LogP contribution is -2.55. The maximum atomic E-state index is 12.9. The molecule has 1 saturated heterocycles. The number of piperazine rings is 1. The van der Waals surface area contributed by atoms with Gasteiger partial charge < -0.3 is 10.2 Å². The Morgan fingerprint density at radius 2 is 1.67 bits per heavy atom. The van der Waals surface area contributed by atoms with Crippen molar-refractivity contribution in [3.05, 3.63) is 29.3 Å². The normalized spacial score (nSPS) is 17.0. The quantitative estimate of drug-likeness (QED) is 0.885. The van der Waals surface area contributed by atoms with Gasteiger partial charge in [-0.15, -0.1) is 0 Å². The second-order valence-corrected chi connectivity index (χ2v) is 9.25. The average molecular weight is 353 g/mol. The predicted octanol–water partition coefficient (Wildman–Crippen LogP) is 2.12. The summed E-state index contributed by atoms with van der Waals surface area (Å²) >= 11 is 0. The largest absolute Gasteiger partial charge is 0.333 e. The van der Waals surface area contributed by atoms with Gasteiger partial charge in [-0.2, -0.15) is 4.31 Å².